The Bertz CT molecular complexity index is 1060. The monoisotopic (exact) mass is 416 g/mol. The Labute approximate surface area is 170 Å². The van der Waals surface area contributed by atoms with Gasteiger partial charge in [-0.1, -0.05) is 0 Å². The number of H-pyrrole nitrogens is 1. The summed E-state index contributed by atoms with van der Waals surface area (Å²) in [5, 5.41) is 23.2. The zero-order chi connectivity index (χ0) is 21.1. The number of aromatic amines is 1. The van der Waals surface area contributed by atoms with E-state index in [1.54, 1.807) is 0 Å². The zero-order valence-electron chi connectivity index (χ0n) is 16.2. The van der Waals surface area contributed by atoms with E-state index < -0.39 is 17.8 Å². The largest absolute Gasteiger partial charge is 0.496 e. The Hall–Kier alpha value is -3.31. The number of amides is 1. The molecule has 2 atom stereocenters. The van der Waals surface area contributed by atoms with Crippen molar-refractivity contribution in [2.24, 2.45) is 0 Å². The van der Waals surface area contributed by atoms with Crippen LogP contribution in [0.1, 0.15) is 22.5 Å². The van der Waals surface area contributed by atoms with Crippen molar-refractivity contribution >= 4 is 22.8 Å². The maximum Gasteiger partial charge on any atom is 0.272 e. The van der Waals surface area contributed by atoms with E-state index in [4.69, 9.17) is 9.47 Å². The van der Waals surface area contributed by atoms with Gasteiger partial charge in [0.15, 0.2) is 11.3 Å². The van der Waals surface area contributed by atoms with Gasteiger partial charge in [0.2, 0.25) is 0 Å². The number of rotatable bonds is 6. The number of benzene rings is 1. The van der Waals surface area contributed by atoms with Crippen LogP contribution in [0.25, 0.3) is 11.0 Å². The Morgan fingerprint density at radius 1 is 1.43 bits per heavy atom. The van der Waals surface area contributed by atoms with Crippen LogP contribution in [0, 0.1) is 5.82 Å². The predicted octanol–water partition coefficient (Wildman–Crippen LogP) is 0.992. The predicted molar refractivity (Wildman–Crippen MR) is 105 cm³/mol. The first-order valence-electron chi connectivity index (χ1n) is 9.39. The minimum Gasteiger partial charge on any atom is -0.496 e. The molecule has 1 aliphatic heterocycles. The van der Waals surface area contributed by atoms with Crippen LogP contribution in [-0.4, -0.2) is 63.6 Å². The highest BCUT2D eigenvalue weighted by Crippen LogP contribution is 2.24. The first-order valence-corrected chi connectivity index (χ1v) is 9.39. The highest BCUT2D eigenvalue weighted by atomic mass is 19.1. The molecule has 4 rings (SSSR count). The van der Waals surface area contributed by atoms with Crippen LogP contribution in [0.4, 0.5) is 10.2 Å². The van der Waals surface area contributed by atoms with Crippen molar-refractivity contribution in [1.29, 1.82) is 0 Å². The number of halogens is 1. The lowest BCUT2D eigenvalue weighted by atomic mass is 10.1. The van der Waals surface area contributed by atoms with Crippen molar-refractivity contribution in [2.75, 3.05) is 25.6 Å². The van der Waals surface area contributed by atoms with Gasteiger partial charge < -0.3 is 25.2 Å². The number of methoxy groups -OCH3 is 1. The van der Waals surface area contributed by atoms with Gasteiger partial charge in [-0.05, 0) is 24.6 Å². The van der Waals surface area contributed by atoms with E-state index in [0.29, 0.717) is 47.8 Å². The minimum atomic E-state index is -0.603. The van der Waals surface area contributed by atoms with E-state index in [9.17, 15) is 14.3 Å². The molecule has 10 nitrogen and oxygen atoms in total. The average molecular weight is 416 g/mol. The van der Waals surface area contributed by atoms with Crippen LogP contribution < -0.4 is 15.4 Å². The summed E-state index contributed by atoms with van der Waals surface area (Å²) in [7, 11) is 1.47. The third-order valence-electron chi connectivity index (χ3n) is 4.90. The molecule has 11 heteroatoms. The van der Waals surface area contributed by atoms with Crippen LogP contribution in [0.2, 0.25) is 0 Å². The Balaban J connectivity index is 1.57. The Kier molecular flexibility index (Phi) is 5.72. The smallest absolute Gasteiger partial charge is 0.272 e. The summed E-state index contributed by atoms with van der Waals surface area (Å²) in [5.41, 5.74) is 0.935. The van der Waals surface area contributed by atoms with Gasteiger partial charge in [0.05, 0.1) is 31.2 Å². The molecule has 158 valence electrons. The van der Waals surface area contributed by atoms with Crippen LogP contribution in [0.3, 0.4) is 0 Å². The first-order chi connectivity index (χ1) is 14.6. The molecular weight excluding hydrogens is 395 g/mol. The van der Waals surface area contributed by atoms with Crippen LogP contribution >= 0.6 is 0 Å². The lowest BCUT2D eigenvalue weighted by Crippen LogP contribution is -2.42. The van der Waals surface area contributed by atoms with Gasteiger partial charge in [-0.25, -0.2) is 14.4 Å². The maximum absolute atomic E-state index is 13.6. The second-order valence-electron chi connectivity index (χ2n) is 6.84. The van der Waals surface area contributed by atoms with Gasteiger partial charge in [0.1, 0.15) is 23.7 Å². The molecule has 1 aromatic carbocycles. The fraction of sp³-hybridized carbons (Fsp3) is 0.368. The summed E-state index contributed by atoms with van der Waals surface area (Å²) >= 11 is 0. The van der Waals surface area contributed by atoms with Gasteiger partial charge in [0, 0.05) is 18.7 Å². The molecule has 3 aromatic rings. The molecule has 0 spiro atoms. The molecule has 0 unspecified atom stereocenters. The standard InChI is InChI=1S/C19H21FN6O4/c1-29-14-3-2-11(20)6-10(14)7-21-19(28)16-15-17(22-9-23-18(15)26-25-16)24-12-8-30-5-4-13(12)27/h2-3,6,9,12-13,27H,4-5,7-8H2,1H3,(H,21,28)(H2,22,23,24,25,26)/t12-,13-/m1/s1. The number of hydrogen-bond acceptors (Lipinski definition) is 8. The quantitative estimate of drug-likeness (QED) is 0.467. The lowest BCUT2D eigenvalue weighted by Gasteiger charge is -2.28. The molecule has 0 aliphatic carbocycles. The number of nitrogens with one attached hydrogen (secondary N) is 3. The van der Waals surface area contributed by atoms with E-state index in [-0.39, 0.29) is 18.3 Å². The van der Waals surface area contributed by atoms with Gasteiger partial charge in [-0.2, -0.15) is 5.10 Å². The average Bonchev–Trinajstić information content (AvgIpc) is 3.19. The normalized spacial score (nSPS) is 18.9. The molecule has 1 fully saturated rings. The van der Waals surface area contributed by atoms with Gasteiger partial charge in [-0.15, -0.1) is 0 Å². The number of anilines is 1. The first kappa shape index (κ1) is 20.0. The number of hydrogen-bond donors (Lipinski definition) is 4. The Morgan fingerprint density at radius 3 is 3.10 bits per heavy atom. The minimum absolute atomic E-state index is 0.0414. The molecule has 1 amide bonds. The van der Waals surface area contributed by atoms with Gasteiger partial charge in [-0.3, -0.25) is 9.89 Å². The molecule has 0 bridgehead atoms. The molecule has 2 aromatic heterocycles. The molecule has 1 saturated heterocycles. The van der Waals surface area contributed by atoms with E-state index >= 15 is 0 Å². The highest BCUT2D eigenvalue weighted by molar-refractivity contribution is 6.07. The van der Waals surface area contributed by atoms with Crippen molar-refractivity contribution in [3.8, 4) is 5.75 Å². The summed E-state index contributed by atoms with van der Waals surface area (Å²) in [4.78, 5) is 21.1. The Morgan fingerprint density at radius 2 is 2.30 bits per heavy atom. The third-order valence-corrected chi connectivity index (χ3v) is 4.90. The number of aliphatic hydroxyl groups is 1. The number of carbonyl (C=O) groups excluding carboxylic acids is 1. The van der Waals surface area contributed by atoms with E-state index in [2.05, 4.69) is 30.8 Å². The number of nitrogens with zero attached hydrogens (tertiary/aromatic N) is 3. The zero-order valence-corrected chi connectivity index (χ0v) is 16.2. The van der Waals surface area contributed by atoms with Gasteiger partial charge >= 0.3 is 0 Å². The topological polar surface area (TPSA) is 134 Å². The molecule has 0 radical (unpaired) electrons. The molecule has 4 N–H and O–H groups in total. The third kappa shape index (κ3) is 4.02. The molecule has 1 aliphatic rings. The summed E-state index contributed by atoms with van der Waals surface area (Å²) < 4.78 is 24.2. The summed E-state index contributed by atoms with van der Waals surface area (Å²) in [5.74, 6) is -0.110. The van der Waals surface area contributed by atoms with Crippen LogP contribution in [0.5, 0.6) is 5.75 Å². The fourth-order valence-electron chi connectivity index (χ4n) is 3.32. The second-order valence-corrected chi connectivity index (χ2v) is 6.84. The number of carbonyl (C=O) groups is 1. The van der Waals surface area contributed by atoms with Crippen molar-refractivity contribution < 1.29 is 23.8 Å². The summed E-state index contributed by atoms with van der Waals surface area (Å²) in [6.45, 7) is 0.840. The van der Waals surface area contributed by atoms with Crippen molar-refractivity contribution in [2.45, 2.75) is 25.1 Å². The molecule has 3 heterocycles. The van der Waals surface area contributed by atoms with Crippen molar-refractivity contribution in [3.63, 3.8) is 0 Å². The second kappa shape index (κ2) is 8.59. The number of fused-ring (bicyclic) bond motifs is 1. The molecular formula is C19H21FN6O4. The SMILES string of the molecule is COc1ccc(F)cc1CNC(=O)c1n[nH]c2ncnc(N[C@@H]3COCC[C@H]3O)c12. The fourth-order valence-corrected chi connectivity index (χ4v) is 3.32. The highest BCUT2D eigenvalue weighted by Gasteiger charge is 2.26. The molecule has 30 heavy (non-hydrogen) atoms. The molecule has 0 saturated carbocycles. The van der Waals surface area contributed by atoms with E-state index in [1.807, 2.05) is 0 Å². The van der Waals surface area contributed by atoms with E-state index in [1.165, 1.54) is 31.6 Å². The lowest BCUT2D eigenvalue weighted by molar-refractivity contribution is 0.00308. The number of aliphatic hydroxyl groups excluding tert-OH is 1. The summed E-state index contributed by atoms with van der Waals surface area (Å²) in [6.07, 6.45) is 1.23. The maximum atomic E-state index is 13.6. The van der Waals surface area contributed by atoms with E-state index in [0.717, 1.165) is 0 Å². The van der Waals surface area contributed by atoms with Crippen LogP contribution in [0.15, 0.2) is 24.5 Å². The van der Waals surface area contributed by atoms with Gasteiger partial charge in [0.25, 0.3) is 5.91 Å². The van der Waals surface area contributed by atoms with Crippen molar-refractivity contribution in [1.82, 2.24) is 25.5 Å². The number of ether oxygens (including phenoxy) is 2. The summed E-state index contributed by atoms with van der Waals surface area (Å²) in [6, 6.07) is 3.69. The van der Waals surface area contributed by atoms with Crippen LogP contribution in [-0.2, 0) is 11.3 Å². The number of aromatic nitrogens is 4. The van der Waals surface area contributed by atoms with Crippen molar-refractivity contribution in [3.05, 3.63) is 41.6 Å².